The third kappa shape index (κ3) is 3.25. The van der Waals surface area contributed by atoms with Crippen LogP contribution in [-0.4, -0.2) is 28.5 Å². The molecule has 2 aromatic rings. The standard InChI is InChI=1S/C26H32N2O3/c1-4-18(5-2)24-27-23-14-21(19-10-7-6-8-11-19)17(3)22-15-26(23,31-24)28(25(22)29)16-20-12-9-13-30-20/h6-13,17-18,21-22,24H,4-5,14-16H2,1-3H3/t17-,21+,22?,24-,26+/m1/s1. The molecule has 1 spiro atoms. The molecule has 1 aliphatic carbocycles. The van der Waals surface area contributed by atoms with E-state index in [1.54, 1.807) is 6.26 Å². The highest BCUT2D eigenvalue weighted by Crippen LogP contribution is 2.53. The van der Waals surface area contributed by atoms with Gasteiger partial charge < -0.3 is 14.1 Å². The van der Waals surface area contributed by atoms with E-state index in [0.29, 0.717) is 18.9 Å². The SMILES string of the molecule is CCC(CC)[C@@H]1N=C2C[C@H](c3ccccc3)[C@@H](C)C3C[C@@]2(O1)N(Cc1ccco1)C3=O. The van der Waals surface area contributed by atoms with Crippen LogP contribution in [0.1, 0.15) is 63.7 Å². The molecular weight excluding hydrogens is 388 g/mol. The minimum Gasteiger partial charge on any atom is -0.467 e. The molecule has 2 bridgehead atoms. The van der Waals surface area contributed by atoms with Crippen LogP contribution in [0.5, 0.6) is 0 Å². The number of carbonyl (C=O) groups is 1. The lowest BCUT2D eigenvalue weighted by molar-refractivity contribution is -0.155. The summed E-state index contributed by atoms with van der Waals surface area (Å²) in [6, 6.07) is 14.4. The highest BCUT2D eigenvalue weighted by atomic mass is 16.6. The van der Waals surface area contributed by atoms with Crippen molar-refractivity contribution >= 4 is 11.6 Å². The Morgan fingerprint density at radius 1 is 1.13 bits per heavy atom. The van der Waals surface area contributed by atoms with Crippen molar-refractivity contribution in [2.75, 3.05) is 0 Å². The van der Waals surface area contributed by atoms with Crippen molar-refractivity contribution in [3.63, 3.8) is 0 Å². The van der Waals surface area contributed by atoms with E-state index in [1.165, 1.54) is 5.56 Å². The lowest BCUT2D eigenvalue weighted by atomic mass is 9.78. The second-order valence-electron chi connectivity index (χ2n) is 9.34. The van der Waals surface area contributed by atoms with Crippen LogP contribution in [0.25, 0.3) is 0 Å². The molecule has 0 radical (unpaired) electrons. The van der Waals surface area contributed by atoms with E-state index in [9.17, 15) is 4.79 Å². The molecule has 1 amide bonds. The van der Waals surface area contributed by atoms with Crippen LogP contribution in [0.2, 0.25) is 0 Å². The summed E-state index contributed by atoms with van der Waals surface area (Å²) in [5.74, 6) is 1.73. The van der Waals surface area contributed by atoms with Crippen LogP contribution < -0.4 is 0 Å². The van der Waals surface area contributed by atoms with Crippen LogP contribution in [-0.2, 0) is 16.1 Å². The summed E-state index contributed by atoms with van der Waals surface area (Å²) in [5, 5.41) is 0. The first-order chi connectivity index (χ1) is 15.1. The van der Waals surface area contributed by atoms with E-state index in [0.717, 1.165) is 30.7 Å². The molecule has 2 fully saturated rings. The summed E-state index contributed by atoms with van der Waals surface area (Å²) in [4.78, 5) is 20.9. The number of rotatable bonds is 6. The smallest absolute Gasteiger partial charge is 0.229 e. The summed E-state index contributed by atoms with van der Waals surface area (Å²) in [6.07, 6.45) is 5.04. The molecule has 2 aliphatic heterocycles. The number of nitrogens with zero attached hydrogens (tertiary/aromatic N) is 2. The minimum atomic E-state index is -0.737. The average Bonchev–Trinajstić information content (AvgIpc) is 3.47. The van der Waals surface area contributed by atoms with Crippen molar-refractivity contribution in [1.29, 1.82) is 0 Å². The van der Waals surface area contributed by atoms with E-state index < -0.39 is 5.72 Å². The number of fused-ring (bicyclic) bond motifs is 1. The Morgan fingerprint density at radius 3 is 2.58 bits per heavy atom. The fourth-order valence-electron chi connectivity index (χ4n) is 5.88. The summed E-state index contributed by atoms with van der Waals surface area (Å²) in [5.41, 5.74) is 1.60. The van der Waals surface area contributed by atoms with Gasteiger partial charge in [-0.25, -0.2) is 0 Å². The van der Waals surface area contributed by atoms with Gasteiger partial charge in [-0.2, -0.15) is 0 Å². The van der Waals surface area contributed by atoms with Gasteiger partial charge in [-0.05, 0) is 48.8 Å². The van der Waals surface area contributed by atoms with Crippen LogP contribution in [0.3, 0.4) is 0 Å². The van der Waals surface area contributed by atoms with Gasteiger partial charge in [0.05, 0.1) is 18.5 Å². The Kier molecular flexibility index (Phi) is 5.25. The van der Waals surface area contributed by atoms with Crippen molar-refractivity contribution in [3.8, 4) is 0 Å². The minimum absolute atomic E-state index is 0.0756. The van der Waals surface area contributed by atoms with Gasteiger partial charge in [0, 0.05) is 18.3 Å². The monoisotopic (exact) mass is 420 g/mol. The van der Waals surface area contributed by atoms with Gasteiger partial charge >= 0.3 is 0 Å². The molecule has 1 aromatic carbocycles. The predicted molar refractivity (Wildman–Crippen MR) is 119 cm³/mol. The zero-order valence-electron chi connectivity index (χ0n) is 18.7. The number of amides is 1. The molecule has 5 heteroatoms. The van der Waals surface area contributed by atoms with Crippen LogP contribution in [0, 0.1) is 17.8 Å². The van der Waals surface area contributed by atoms with E-state index in [1.807, 2.05) is 23.1 Å². The summed E-state index contributed by atoms with van der Waals surface area (Å²) in [7, 11) is 0. The maximum Gasteiger partial charge on any atom is 0.229 e. The topological polar surface area (TPSA) is 55.0 Å². The Labute approximate surface area is 184 Å². The van der Waals surface area contributed by atoms with Crippen molar-refractivity contribution < 1.29 is 13.9 Å². The van der Waals surface area contributed by atoms with E-state index in [2.05, 4.69) is 45.0 Å². The van der Waals surface area contributed by atoms with Gasteiger partial charge in [0.25, 0.3) is 0 Å². The van der Waals surface area contributed by atoms with Crippen molar-refractivity contribution in [3.05, 3.63) is 60.1 Å². The van der Waals surface area contributed by atoms with Gasteiger partial charge in [-0.3, -0.25) is 9.79 Å². The third-order valence-corrected chi connectivity index (χ3v) is 7.82. The van der Waals surface area contributed by atoms with Crippen LogP contribution in [0.4, 0.5) is 0 Å². The Morgan fingerprint density at radius 2 is 1.90 bits per heavy atom. The molecular formula is C26H32N2O3. The summed E-state index contributed by atoms with van der Waals surface area (Å²) < 4.78 is 12.4. The highest BCUT2D eigenvalue weighted by Gasteiger charge is 2.62. The second kappa shape index (κ2) is 7.94. The number of furan rings is 1. The number of benzene rings is 1. The van der Waals surface area contributed by atoms with E-state index in [4.69, 9.17) is 14.1 Å². The third-order valence-electron chi connectivity index (χ3n) is 7.82. The predicted octanol–water partition coefficient (Wildman–Crippen LogP) is 5.38. The molecule has 0 N–H and O–H groups in total. The van der Waals surface area contributed by atoms with Crippen LogP contribution >= 0.6 is 0 Å². The van der Waals surface area contributed by atoms with Gasteiger partial charge in [0.15, 0.2) is 12.0 Å². The Balaban J connectivity index is 1.57. The molecule has 3 aliphatic rings. The van der Waals surface area contributed by atoms with E-state index in [-0.39, 0.29) is 29.9 Å². The maximum atomic E-state index is 13.8. The normalized spacial score (nSPS) is 32.3. The molecule has 1 unspecified atom stereocenters. The molecule has 5 atom stereocenters. The first kappa shape index (κ1) is 20.5. The van der Waals surface area contributed by atoms with Crippen molar-refractivity contribution in [2.45, 2.75) is 70.9 Å². The zero-order valence-corrected chi connectivity index (χ0v) is 18.7. The number of aliphatic imine (C=N–C) groups is 1. The molecule has 3 heterocycles. The fourth-order valence-corrected chi connectivity index (χ4v) is 5.88. The van der Waals surface area contributed by atoms with Gasteiger partial charge in [0.2, 0.25) is 5.91 Å². The van der Waals surface area contributed by atoms with Gasteiger partial charge in [-0.1, -0.05) is 51.1 Å². The summed E-state index contributed by atoms with van der Waals surface area (Å²) in [6.45, 7) is 7.05. The molecule has 1 saturated heterocycles. The second-order valence-corrected chi connectivity index (χ2v) is 9.34. The van der Waals surface area contributed by atoms with Crippen LogP contribution in [0.15, 0.2) is 58.1 Å². The number of ether oxygens (including phenoxy) is 1. The van der Waals surface area contributed by atoms with E-state index >= 15 is 0 Å². The maximum absolute atomic E-state index is 13.8. The van der Waals surface area contributed by atoms with Crippen molar-refractivity contribution in [1.82, 2.24) is 4.90 Å². The zero-order chi connectivity index (χ0) is 21.6. The molecule has 5 rings (SSSR count). The molecule has 5 nitrogen and oxygen atoms in total. The average molecular weight is 421 g/mol. The lowest BCUT2D eigenvalue weighted by Gasteiger charge is -2.37. The number of carbonyl (C=O) groups excluding carboxylic acids is 1. The van der Waals surface area contributed by atoms with Crippen molar-refractivity contribution in [2.24, 2.45) is 22.7 Å². The molecule has 31 heavy (non-hydrogen) atoms. The largest absolute Gasteiger partial charge is 0.467 e. The Hall–Kier alpha value is -2.40. The Bertz CT molecular complexity index is 950. The fraction of sp³-hybridized carbons (Fsp3) is 0.538. The first-order valence-electron chi connectivity index (χ1n) is 11.7. The van der Waals surface area contributed by atoms with Gasteiger partial charge in [-0.15, -0.1) is 0 Å². The van der Waals surface area contributed by atoms with Gasteiger partial charge in [0.1, 0.15) is 5.76 Å². The number of hydrogen-bond acceptors (Lipinski definition) is 4. The number of hydrogen-bond donors (Lipinski definition) is 0. The highest BCUT2D eigenvalue weighted by molar-refractivity contribution is 6.01. The molecule has 1 saturated carbocycles. The first-order valence-corrected chi connectivity index (χ1v) is 11.7. The lowest BCUT2D eigenvalue weighted by Crippen LogP contribution is -2.52. The quantitative estimate of drug-likeness (QED) is 0.630. The molecule has 164 valence electrons. The summed E-state index contributed by atoms with van der Waals surface area (Å²) >= 11 is 0. The number of likely N-dealkylation sites (tertiary alicyclic amines) is 1. The molecule has 1 aromatic heterocycles.